The van der Waals surface area contributed by atoms with Gasteiger partial charge < -0.3 is 14.0 Å². The number of nitrogens with zero attached hydrogens (tertiary/aromatic N) is 1. The van der Waals surface area contributed by atoms with Crippen LogP contribution in [0.4, 0.5) is 0 Å². The van der Waals surface area contributed by atoms with Crippen LogP contribution < -0.4 is 0 Å². The van der Waals surface area contributed by atoms with Crippen molar-refractivity contribution < 1.29 is 23.9 Å². The Kier molecular flexibility index (Phi) is 6.46. The summed E-state index contributed by atoms with van der Waals surface area (Å²) in [4.78, 5) is 35.2. The first-order valence-electron chi connectivity index (χ1n) is 8.32. The highest BCUT2D eigenvalue weighted by Crippen LogP contribution is 2.21. The van der Waals surface area contributed by atoms with Crippen molar-refractivity contribution in [2.24, 2.45) is 0 Å². The molecule has 1 atom stereocenters. The van der Waals surface area contributed by atoms with Crippen LogP contribution in [0.5, 0.6) is 0 Å². The third kappa shape index (κ3) is 4.26. The quantitative estimate of drug-likeness (QED) is 0.412. The molecule has 2 aromatic rings. The first kappa shape index (κ1) is 19.6. The zero-order valence-corrected chi connectivity index (χ0v) is 15.4. The summed E-state index contributed by atoms with van der Waals surface area (Å²) in [6.45, 7) is 6.01. The molecule has 0 spiro atoms. The molecule has 2 rings (SSSR count). The number of ether oxygens (including phenoxy) is 2. The molecule has 0 bridgehead atoms. The van der Waals surface area contributed by atoms with Gasteiger partial charge in [0.25, 0.3) is 0 Å². The van der Waals surface area contributed by atoms with E-state index in [0.717, 1.165) is 11.4 Å². The van der Waals surface area contributed by atoms with Gasteiger partial charge in [-0.2, -0.15) is 0 Å². The molecule has 138 valence electrons. The molecule has 26 heavy (non-hydrogen) atoms. The Labute approximate surface area is 152 Å². The molecule has 6 nitrogen and oxygen atoms in total. The highest BCUT2D eigenvalue weighted by molar-refractivity contribution is 6.00. The van der Waals surface area contributed by atoms with E-state index < -0.39 is 5.97 Å². The van der Waals surface area contributed by atoms with Crippen LogP contribution in [0.25, 0.3) is 0 Å². The van der Waals surface area contributed by atoms with Crippen LogP contribution >= 0.6 is 0 Å². The summed E-state index contributed by atoms with van der Waals surface area (Å²) in [6.07, 6.45) is 0.693. The molecule has 6 heteroatoms. The normalized spacial score (nSPS) is 11.8. The molecule has 1 aromatic heterocycles. The summed E-state index contributed by atoms with van der Waals surface area (Å²) < 4.78 is 12.3. The highest BCUT2D eigenvalue weighted by atomic mass is 16.5. The summed E-state index contributed by atoms with van der Waals surface area (Å²) in [5, 5.41) is 0. The maximum Gasteiger partial charge on any atom is 0.338 e. The highest BCUT2D eigenvalue weighted by Gasteiger charge is 2.20. The van der Waals surface area contributed by atoms with E-state index in [-0.39, 0.29) is 18.4 Å². The van der Waals surface area contributed by atoms with Gasteiger partial charge in [-0.3, -0.25) is 9.59 Å². The second-order valence-electron chi connectivity index (χ2n) is 6.20. The Hall–Kier alpha value is -2.73. The van der Waals surface area contributed by atoms with Crippen molar-refractivity contribution in [1.82, 2.24) is 4.57 Å². The van der Waals surface area contributed by atoms with E-state index in [1.165, 1.54) is 24.3 Å². The first-order chi connectivity index (χ1) is 12.4. The minimum absolute atomic E-state index is 0.0976. The standard InChI is InChI=1S/C20H23NO5/c1-13-9-18(15(3)21(13)14(2)11-25-4)19(23)12-26-20(24)17-7-5-16(10-22)6-8-17/h5-10,14H,11-12H2,1-4H3. The summed E-state index contributed by atoms with van der Waals surface area (Å²) in [5.41, 5.74) is 3.07. The zero-order valence-electron chi connectivity index (χ0n) is 15.4. The largest absolute Gasteiger partial charge is 0.454 e. The van der Waals surface area contributed by atoms with Gasteiger partial charge in [-0.25, -0.2) is 4.79 Å². The van der Waals surface area contributed by atoms with Crippen molar-refractivity contribution in [3.63, 3.8) is 0 Å². The molecule has 0 fully saturated rings. The number of aromatic nitrogens is 1. The van der Waals surface area contributed by atoms with Crippen molar-refractivity contribution in [2.45, 2.75) is 26.8 Å². The number of hydrogen-bond donors (Lipinski definition) is 0. The molecule has 0 saturated carbocycles. The van der Waals surface area contributed by atoms with Crippen molar-refractivity contribution in [1.29, 1.82) is 0 Å². The third-order valence-corrected chi connectivity index (χ3v) is 4.25. The second kappa shape index (κ2) is 8.58. The fourth-order valence-corrected chi connectivity index (χ4v) is 3.04. The number of methoxy groups -OCH3 is 1. The van der Waals surface area contributed by atoms with Gasteiger partial charge in [0.1, 0.15) is 6.29 Å². The molecular weight excluding hydrogens is 334 g/mol. The second-order valence-corrected chi connectivity index (χ2v) is 6.20. The molecule has 0 aliphatic heterocycles. The molecule has 0 aliphatic carbocycles. The van der Waals surface area contributed by atoms with Crippen molar-refractivity contribution in [2.75, 3.05) is 20.3 Å². The number of rotatable bonds is 8. The number of aldehydes is 1. The molecule has 0 aliphatic rings. The van der Waals surface area contributed by atoms with E-state index in [4.69, 9.17) is 9.47 Å². The van der Waals surface area contributed by atoms with Crippen LogP contribution in [0, 0.1) is 13.8 Å². The molecule has 0 amide bonds. The Morgan fingerprint density at radius 1 is 1.19 bits per heavy atom. The molecule has 0 N–H and O–H groups in total. The minimum Gasteiger partial charge on any atom is -0.454 e. The average molecular weight is 357 g/mol. The van der Waals surface area contributed by atoms with E-state index in [1.54, 1.807) is 13.2 Å². The molecule has 0 radical (unpaired) electrons. The number of carbonyl (C=O) groups excluding carboxylic acids is 3. The number of esters is 1. The Balaban J connectivity index is 2.06. The average Bonchev–Trinajstić information content (AvgIpc) is 2.94. The van der Waals surface area contributed by atoms with Crippen LogP contribution in [0.15, 0.2) is 30.3 Å². The van der Waals surface area contributed by atoms with Crippen LogP contribution in [0.1, 0.15) is 55.4 Å². The molecule has 1 aromatic carbocycles. The van der Waals surface area contributed by atoms with Gasteiger partial charge in [0.2, 0.25) is 5.78 Å². The molecular formula is C20H23NO5. The van der Waals surface area contributed by atoms with E-state index in [9.17, 15) is 14.4 Å². The Morgan fingerprint density at radius 3 is 2.42 bits per heavy atom. The van der Waals surface area contributed by atoms with E-state index in [2.05, 4.69) is 0 Å². The zero-order chi connectivity index (χ0) is 19.3. The first-order valence-corrected chi connectivity index (χ1v) is 8.32. The maximum absolute atomic E-state index is 12.5. The number of carbonyl (C=O) groups is 3. The molecule has 1 heterocycles. The topological polar surface area (TPSA) is 74.6 Å². The summed E-state index contributed by atoms with van der Waals surface area (Å²) in [5.74, 6) is -0.857. The molecule has 1 unspecified atom stereocenters. The lowest BCUT2D eigenvalue weighted by Gasteiger charge is -2.17. The lowest BCUT2D eigenvalue weighted by molar-refractivity contribution is 0.0474. The van der Waals surface area contributed by atoms with Crippen LogP contribution in [0.2, 0.25) is 0 Å². The Bertz CT molecular complexity index is 804. The lowest BCUT2D eigenvalue weighted by Crippen LogP contribution is -2.17. The number of Topliss-reactive ketones (excluding diaryl/α,β-unsaturated/α-hetero) is 1. The van der Waals surface area contributed by atoms with Crippen molar-refractivity contribution in [3.8, 4) is 0 Å². The van der Waals surface area contributed by atoms with Gasteiger partial charge in [0, 0.05) is 29.6 Å². The summed E-state index contributed by atoms with van der Waals surface area (Å²) in [7, 11) is 1.64. The van der Waals surface area contributed by atoms with Crippen LogP contribution in [-0.4, -0.2) is 42.9 Å². The SMILES string of the molecule is COCC(C)n1c(C)cc(C(=O)COC(=O)c2ccc(C=O)cc2)c1C. The van der Waals surface area contributed by atoms with Gasteiger partial charge in [-0.1, -0.05) is 12.1 Å². The fraction of sp³-hybridized carbons (Fsp3) is 0.350. The minimum atomic E-state index is -0.600. The van der Waals surface area contributed by atoms with Crippen molar-refractivity contribution >= 4 is 18.0 Å². The number of aryl methyl sites for hydroxylation is 1. The molecule has 0 saturated heterocycles. The predicted molar refractivity (Wildman–Crippen MR) is 96.9 cm³/mol. The van der Waals surface area contributed by atoms with E-state index >= 15 is 0 Å². The predicted octanol–water partition coefficient (Wildman–Crippen LogP) is 3.16. The monoisotopic (exact) mass is 357 g/mol. The fourth-order valence-electron chi connectivity index (χ4n) is 3.04. The van der Waals surface area contributed by atoms with Crippen LogP contribution in [-0.2, 0) is 9.47 Å². The smallest absolute Gasteiger partial charge is 0.338 e. The summed E-state index contributed by atoms with van der Waals surface area (Å²) in [6, 6.07) is 7.94. The summed E-state index contributed by atoms with van der Waals surface area (Å²) >= 11 is 0. The van der Waals surface area contributed by atoms with Crippen LogP contribution in [0.3, 0.4) is 0 Å². The number of hydrogen-bond acceptors (Lipinski definition) is 5. The lowest BCUT2D eigenvalue weighted by atomic mass is 10.1. The number of benzene rings is 1. The van der Waals surface area contributed by atoms with Gasteiger partial charge in [-0.15, -0.1) is 0 Å². The van der Waals surface area contributed by atoms with Gasteiger partial charge in [0.05, 0.1) is 18.2 Å². The van der Waals surface area contributed by atoms with Gasteiger partial charge in [0.15, 0.2) is 6.61 Å². The maximum atomic E-state index is 12.5. The van der Waals surface area contributed by atoms with Gasteiger partial charge in [-0.05, 0) is 39.0 Å². The Morgan fingerprint density at radius 2 is 1.85 bits per heavy atom. The van der Waals surface area contributed by atoms with Gasteiger partial charge >= 0.3 is 5.97 Å². The van der Waals surface area contributed by atoms with E-state index in [1.807, 2.05) is 25.3 Å². The third-order valence-electron chi connectivity index (χ3n) is 4.25. The van der Waals surface area contributed by atoms with Crippen molar-refractivity contribution in [3.05, 3.63) is 58.4 Å². The van der Waals surface area contributed by atoms with E-state index in [0.29, 0.717) is 29.6 Å². The number of ketones is 1.